The highest BCUT2D eigenvalue weighted by Gasteiger charge is 2.24. The van der Waals surface area contributed by atoms with Gasteiger partial charge >= 0.3 is 0 Å². The molecule has 3 nitrogen and oxygen atoms in total. The van der Waals surface area contributed by atoms with Crippen LogP contribution in [0.25, 0.3) is 121 Å². The third-order valence-electron chi connectivity index (χ3n) is 12.1. The van der Waals surface area contributed by atoms with E-state index >= 15 is 0 Å². The minimum atomic E-state index is 0.905. The standard InChI is InChI=1S/C52H30N2O/c1-2-12-35-34(11-1)38-17-9-18-40-46(27-25-39(35)51(38)40)54-45-20-7-4-15-41(45)52-33(16-10-21-48(52)54)31-23-26-47-42(29-31)36-13-3-6-19-44(36)53(47)32-24-28-50-43(30-32)37-14-5-8-22-49(37)55-50/h1-30H. The summed E-state index contributed by atoms with van der Waals surface area (Å²) in [6.45, 7) is 0. The van der Waals surface area contributed by atoms with Crippen molar-refractivity contribution < 1.29 is 4.42 Å². The summed E-state index contributed by atoms with van der Waals surface area (Å²) in [6, 6.07) is 66.6. The largest absolute Gasteiger partial charge is 0.456 e. The first kappa shape index (κ1) is 29.1. The van der Waals surface area contributed by atoms with Crippen LogP contribution in [0.4, 0.5) is 0 Å². The Morgan fingerprint density at radius 3 is 1.80 bits per heavy atom. The molecule has 3 heterocycles. The van der Waals surface area contributed by atoms with Crippen molar-refractivity contribution in [1.82, 2.24) is 9.13 Å². The first-order chi connectivity index (χ1) is 27.3. The molecule has 9 aromatic carbocycles. The predicted octanol–water partition coefficient (Wildman–Crippen LogP) is 14.2. The topological polar surface area (TPSA) is 23.0 Å². The fourth-order valence-electron chi connectivity index (χ4n) is 9.78. The number of para-hydroxylation sites is 3. The molecular formula is C52H30N2O. The Balaban J connectivity index is 1.04. The van der Waals surface area contributed by atoms with E-state index in [1.54, 1.807) is 0 Å². The molecule has 0 atom stereocenters. The molecule has 0 radical (unpaired) electrons. The second-order valence-electron chi connectivity index (χ2n) is 14.8. The van der Waals surface area contributed by atoms with Gasteiger partial charge in [0.1, 0.15) is 11.2 Å². The Morgan fingerprint density at radius 2 is 0.927 bits per heavy atom. The van der Waals surface area contributed by atoms with Crippen molar-refractivity contribution >= 4 is 76.3 Å². The summed E-state index contributed by atoms with van der Waals surface area (Å²) in [5.41, 5.74) is 16.6. The molecule has 0 amide bonds. The lowest BCUT2D eigenvalue weighted by Gasteiger charge is -2.14. The van der Waals surface area contributed by atoms with E-state index in [0.29, 0.717) is 0 Å². The number of furan rings is 1. The van der Waals surface area contributed by atoms with Crippen LogP contribution in [0.1, 0.15) is 0 Å². The molecule has 3 heteroatoms. The summed E-state index contributed by atoms with van der Waals surface area (Å²) in [6.07, 6.45) is 0. The molecule has 13 rings (SSSR count). The van der Waals surface area contributed by atoms with E-state index in [9.17, 15) is 0 Å². The van der Waals surface area contributed by atoms with Crippen LogP contribution in [0.5, 0.6) is 0 Å². The molecule has 3 aromatic heterocycles. The average molecular weight is 699 g/mol. The molecule has 0 saturated carbocycles. The van der Waals surface area contributed by atoms with Gasteiger partial charge in [0.05, 0.1) is 27.8 Å². The van der Waals surface area contributed by atoms with Crippen molar-refractivity contribution in [3.63, 3.8) is 0 Å². The lowest BCUT2D eigenvalue weighted by Crippen LogP contribution is -1.96. The second kappa shape index (κ2) is 10.6. The van der Waals surface area contributed by atoms with Crippen LogP contribution in [0.3, 0.4) is 0 Å². The SMILES string of the molecule is c1ccc2c(c1)-c1cccc3c(-n4c5ccccc5c5c(-c6ccc7c(c6)c6ccccc6n7-c6ccc7oc8ccccc8c7c6)cccc54)ccc-2c13. The Labute approximate surface area is 315 Å². The molecule has 1 aliphatic carbocycles. The van der Waals surface area contributed by atoms with E-state index in [1.165, 1.54) is 93.5 Å². The van der Waals surface area contributed by atoms with Crippen LogP contribution < -0.4 is 0 Å². The van der Waals surface area contributed by atoms with E-state index < -0.39 is 0 Å². The zero-order valence-corrected chi connectivity index (χ0v) is 29.6. The van der Waals surface area contributed by atoms with Gasteiger partial charge in [0.25, 0.3) is 0 Å². The van der Waals surface area contributed by atoms with Crippen molar-refractivity contribution in [1.29, 1.82) is 0 Å². The monoisotopic (exact) mass is 698 g/mol. The highest BCUT2D eigenvalue weighted by molar-refractivity contribution is 6.21. The molecule has 0 fully saturated rings. The van der Waals surface area contributed by atoms with Gasteiger partial charge in [-0.15, -0.1) is 0 Å². The van der Waals surface area contributed by atoms with E-state index in [-0.39, 0.29) is 0 Å². The van der Waals surface area contributed by atoms with Crippen molar-refractivity contribution in [3.05, 3.63) is 182 Å². The zero-order valence-electron chi connectivity index (χ0n) is 29.6. The highest BCUT2D eigenvalue weighted by atomic mass is 16.3. The molecule has 55 heavy (non-hydrogen) atoms. The Kier molecular flexibility index (Phi) is 5.63. The number of fused-ring (bicyclic) bond motifs is 12. The lowest BCUT2D eigenvalue weighted by atomic mass is 9.98. The predicted molar refractivity (Wildman–Crippen MR) is 230 cm³/mol. The molecule has 12 aromatic rings. The minimum Gasteiger partial charge on any atom is -0.456 e. The second-order valence-corrected chi connectivity index (χ2v) is 14.8. The van der Waals surface area contributed by atoms with Crippen LogP contribution >= 0.6 is 0 Å². The summed E-state index contributed by atoms with van der Waals surface area (Å²) in [7, 11) is 0. The molecule has 254 valence electrons. The quantitative estimate of drug-likeness (QED) is 0.180. The van der Waals surface area contributed by atoms with Crippen molar-refractivity contribution in [2.24, 2.45) is 0 Å². The summed E-state index contributed by atoms with van der Waals surface area (Å²) < 4.78 is 11.1. The fourth-order valence-corrected chi connectivity index (χ4v) is 9.78. The highest BCUT2D eigenvalue weighted by Crippen LogP contribution is 2.49. The van der Waals surface area contributed by atoms with Gasteiger partial charge in [-0.25, -0.2) is 0 Å². The maximum Gasteiger partial charge on any atom is 0.135 e. The van der Waals surface area contributed by atoms with Crippen molar-refractivity contribution in [3.8, 4) is 44.8 Å². The zero-order chi connectivity index (χ0) is 35.8. The Bertz CT molecular complexity index is 3580. The number of rotatable bonds is 3. The minimum absolute atomic E-state index is 0.905. The number of hydrogen-bond acceptors (Lipinski definition) is 1. The van der Waals surface area contributed by atoms with Crippen molar-refractivity contribution in [2.75, 3.05) is 0 Å². The number of aromatic nitrogens is 2. The van der Waals surface area contributed by atoms with Gasteiger partial charge in [0, 0.05) is 43.4 Å². The third-order valence-corrected chi connectivity index (χ3v) is 12.1. The van der Waals surface area contributed by atoms with Crippen LogP contribution in [0, 0.1) is 0 Å². The summed E-state index contributed by atoms with van der Waals surface area (Å²) in [4.78, 5) is 0. The van der Waals surface area contributed by atoms with Gasteiger partial charge in [-0.2, -0.15) is 0 Å². The Hall–Kier alpha value is -7.36. The number of hydrogen-bond donors (Lipinski definition) is 0. The number of benzene rings is 9. The molecule has 0 aliphatic heterocycles. The first-order valence-electron chi connectivity index (χ1n) is 18.9. The molecule has 0 unspecified atom stereocenters. The van der Waals surface area contributed by atoms with Gasteiger partial charge in [0.2, 0.25) is 0 Å². The van der Waals surface area contributed by atoms with E-state index in [4.69, 9.17) is 4.42 Å². The van der Waals surface area contributed by atoms with Crippen LogP contribution in [0.15, 0.2) is 186 Å². The first-order valence-corrected chi connectivity index (χ1v) is 18.9. The van der Waals surface area contributed by atoms with Gasteiger partial charge < -0.3 is 13.6 Å². The smallest absolute Gasteiger partial charge is 0.135 e. The maximum absolute atomic E-state index is 6.20. The van der Waals surface area contributed by atoms with Crippen LogP contribution in [0.2, 0.25) is 0 Å². The summed E-state index contributed by atoms with van der Waals surface area (Å²) in [5, 5.41) is 9.87. The lowest BCUT2D eigenvalue weighted by molar-refractivity contribution is 0.669. The Morgan fingerprint density at radius 1 is 0.309 bits per heavy atom. The molecule has 0 saturated heterocycles. The normalized spacial score (nSPS) is 12.4. The third kappa shape index (κ3) is 3.84. The van der Waals surface area contributed by atoms with Gasteiger partial charge in [-0.1, -0.05) is 121 Å². The summed E-state index contributed by atoms with van der Waals surface area (Å²) >= 11 is 0. The van der Waals surface area contributed by atoms with Crippen molar-refractivity contribution in [2.45, 2.75) is 0 Å². The van der Waals surface area contributed by atoms with Gasteiger partial charge in [0.15, 0.2) is 0 Å². The summed E-state index contributed by atoms with van der Waals surface area (Å²) in [5.74, 6) is 0. The molecular weight excluding hydrogens is 669 g/mol. The maximum atomic E-state index is 6.20. The van der Waals surface area contributed by atoms with E-state index in [0.717, 1.165) is 27.6 Å². The molecule has 0 N–H and O–H groups in total. The average Bonchev–Trinajstić information content (AvgIpc) is 3.98. The van der Waals surface area contributed by atoms with E-state index in [2.05, 4.69) is 179 Å². The van der Waals surface area contributed by atoms with Crippen LogP contribution in [-0.4, -0.2) is 9.13 Å². The van der Waals surface area contributed by atoms with Gasteiger partial charge in [-0.3, -0.25) is 0 Å². The fraction of sp³-hybridized carbons (Fsp3) is 0. The molecule has 0 bridgehead atoms. The van der Waals surface area contributed by atoms with E-state index in [1.807, 2.05) is 12.1 Å². The van der Waals surface area contributed by atoms with Crippen LogP contribution in [-0.2, 0) is 0 Å². The molecule has 1 aliphatic rings. The number of nitrogens with zero attached hydrogens (tertiary/aromatic N) is 2. The van der Waals surface area contributed by atoms with Gasteiger partial charge in [-0.05, 0) is 99.4 Å². The molecule has 0 spiro atoms.